The van der Waals surface area contributed by atoms with Crippen LogP contribution in [-0.4, -0.2) is 26.0 Å². The summed E-state index contributed by atoms with van der Waals surface area (Å²) in [4.78, 5) is 2.00. The molecule has 0 saturated carbocycles. The molecule has 80 valence electrons. The number of rotatable bonds is 1. The molecule has 0 aliphatic carbocycles. The van der Waals surface area contributed by atoms with Gasteiger partial charge in [0, 0.05) is 15.9 Å². The van der Waals surface area contributed by atoms with E-state index in [1.807, 2.05) is 32.1 Å². The lowest BCUT2D eigenvalue weighted by atomic mass is 10.2. The maximum Gasteiger partial charge on any atom is 0.0488 e. The van der Waals surface area contributed by atoms with Crippen molar-refractivity contribution in [3.63, 3.8) is 0 Å². The zero-order valence-electron chi connectivity index (χ0n) is 8.52. The van der Waals surface area contributed by atoms with Crippen LogP contribution in [0.2, 0.25) is 10.0 Å². The van der Waals surface area contributed by atoms with E-state index in [1.54, 1.807) is 12.1 Å². The van der Waals surface area contributed by atoms with Crippen molar-refractivity contribution >= 4 is 34.8 Å². The van der Waals surface area contributed by atoms with Gasteiger partial charge in [0.2, 0.25) is 0 Å². The summed E-state index contributed by atoms with van der Waals surface area (Å²) in [5.74, 6) is 0.427. The van der Waals surface area contributed by atoms with Crippen LogP contribution in [0.4, 0.5) is 0 Å². The molecule has 0 spiro atoms. The third-order valence-corrected chi connectivity index (χ3v) is 2.03. The molecule has 0 fully saturated rings. The fourth-order valence-electron chi connectivity index (χ4n) is 0.630. The summed E-state index contributed by atoms with van der Waals surface area (Å²) in [6.45, 7) is 0. The molecule has 4 heteroatoms. The number of alkyl halides is 1. The Morgan fingerprint density at radius 1 is 1.14 bits per heavy atom. The average Bonchev–Trinajstić information content (AvgIpc) is 2.03. The molecule has 0 aromatic heterocycles. The molecule has 1 aromatic carbocycles. The minimum Gasteiger partial charge on any atom is -0.312 e. The second kappa shape index (κ2) is 7.36. The quantitative estimate of drug-likeness (QED) is 0.687. The van der Waals surface area contributed by atoms with Crippen molar-refractivity contribution in [1.82, 2.24) is 4.90 Å². The van der Waals surface area contributed by atoms with E-state index in [0.717, 1.165) is 5.56 Å². The molecule has 0 radical (unpaired) electrons. The molecule has 1 aromatic rings. The molecule has 0 N–H and O–H groups in total. The zero-order chi connectivity index (χ0) is 11.1. The van der Waals surface area contributed by atoms with Crippen molar-refractivity contribution in [1.29, 1.82) is 0 Å². The third kappa shape index (κ3) is 6.50. The van der Waals surface area contributed by atoms with Crippen molar-refractivity contribution in [3.05, 3.63) is 33.8 Å². The van der Waals surface area contributed by atoms with Gasteiger partial charge < -0.3 is 4.90 Å². The smallest absolute Gasteiger partial charge is 0.0488 e. The van der Waals surface area contributed by atoms with Gasteiger partial charge in [-0.25, -0.2) is 0 Å². The molecular formula is C10H14Cl3N. The van der Waals surface area contributed by atoms with E-state index in [-0.39, 0.29) is 0 Å². The summed E-state index contributed by atoms with van der Waals surface area (Å²) in [5, 5.41) is 1.27. The van der Waals surface area contributed by atoms with Gasteiger partial charge in [-0.1, -0.05) is 29.3 Å². The molecule has 0 unspecified atom stereocenters. The first kappa shape index (κ1) is 14.1. The van der Waals surface area contributed by atoms with Gasteiger partial charge >= 0.3 is 0 Å². The molecule has 1 rings (SSSR count). The van der Waals surface area contributed by atoms with Crippen LogP contribution in [0.3, 0.4) is 0 Å². The largest absolute Gasteiger partial charge is 0.312 e. The van der Waals surface area contributed by atoms with Crippen LogP contribution in [0.25, 0.3) is 0 Å². The van der Waals surface area contributed by atoms with E-state index in [9.17, 15) is 0 Å². The Balaban J connectivity index is 0.000000364. The van der Waals surface area contributed by atoms with E-state index in [2.05, 4.69) is 0 Å². The van der Waals surface area contributed by atoms with Crippen LogP contribution < -0.4 is 0 Å². The normalized spacial score (nSPS) is 9.64. The summed E-state index contributed by atoms with van der Waals surface area (Å²) in [5.41, 5.74) is 0.910. The molecular weight excluding hydrogens is 240 g/mol. The third-order valence-electron chi connectivity index (χ3n) is 1.16. The summed E-state index contributed by atoms with van der Waals surface area (Å²) in [6.07, 6.45) is 0. The molecule has 0 saturated heterocycles. The molecule has 0 aliphatic rings. The van der Waals surface area contributed by atoms with Crippen LogP contribution >= 0.6 is 34.8 Å². The average molecular weight is 255 g/mol. The lowest BCUT2D eigenvalue weighted by Crippen LogP contribution is -1.99. The number of halogens is 3. The monoisotopic (exact) mass is 253 g/mol. The van der Waals surface area contributed by atoms with Crippen molar-refractivity contribution in [2.24, 2.45) is 0 Å². The number of benzene rings is 1. The highest BCUT2D eigenvalue weighted by Crippen LogP contribution is 2.21. The molecule has 0 aliphatic heterocycles. The predicted octanol–water partition coefficient (Wildman–Crippen LogP) is 3.91. The van der Waals surface area contributed by atoms with Gasteiger partial charge in [-0.3, -0.25) is 0 Å². The van der Waals surface area contributed by atoms with Crippen LogP contribution in [0, 0.1) is 0 Å². The maximum atomic E-state index is 5.76. The van der Waals surface area contributed by atoms with Gasteiger partial charge in [0.05, 0.1) is 0 Å². The topological polar surface area (TPSA) is 3.24 Å². The Bertz CT molecular complexity index is 271. The van der Waals surface area contributed by atoms with E-state index >= 15 is 0 Å². The Kier molecular flexibility index (Phi) is 7.38. The van der Waals surface area contributed by atoms with Crippen molar-refractivity contribution < 1.29 is 0 Å². The zero-order valence-corrected chi connectivity index (χ0v) is 10.8. The number of nitrogens with zero attached hydrogens (tertiary/aromatic N) is 1. The van der Waals surface area contributed by atoms with Crippen LogP contribution in [-0.2, 0) is 5.88 Å². The van der Waals surface area contributed by atoms with Crippen LogP contribution in [0.1, 0.15) is 5.56 Å². The van der Waals surface area contributed by atoms with Crippen molar-refractivity contribution in [2.75, 3.05) is 21.1 Å². The fourth-order valence-corrected chi connectivity index (χ4v) is 1.41. The highest BCUT2D eigenvalue weighted by atomic mass is 35.5. The summed E-state index contributed by atoms with van der Waals surface area (Å²) >= 11 is 17.0. The minimum atomic E-state index is 0.427. The molecule has 0 heterocycles. The first-order chi connectivity index (χ1) is 6.47. The van der Waals surface area contributed by atoms with Gasteiger partial charge in [0.25, 0.3) is 0 Å². The first-order valence-electron chi connectivity index (χ1n) is 4.08. The van der Waals surface area contributed by atoms with E-state index in [0.29, 0.717) is 15.9 Å². The Hall–Kier alpha value is 0.0500. The summed E-state index contributed by atoms with van der Waals surface area (Å²) in [6, 6.07) is 5.27. The van der Waals surface area contributed by atoms with E-state index in [1.165, 1.54) is 0 Å². The lowest BCUT2D eigenvalue weighted by Gasteiger charge is -1.97. The van der Waals surface area contributed by atoms with Crippen LogP contribution in [0.5, 0.6) is 0 Å². The standard InChI is InChI=1S/C7H5Cl3.C3H9N/c8-4-5-1-2-6(9)3-7(5)10;1-4(2)3/h1-3H,4H2;1-3H3. The highest BCUT2D eigenvalue weighted by Gasteiger charge is 1.97. The van der Waals surface area contributed by atoms with Gasteiger partial charge in [-0.05, 0) is 38.8 Å². The summed E-state index contributed by atoms with van der Waals surface area (Å²) < 4.78 is 0. The maximum absolute atomic E-state index is 5.76. The molecule has 0 atom stereocenters. The lowest BCUT2D eigenvalue weighted by molar-refractivity contribution is 0.505. The van der Waals surface area contributed by atoms with Gasteiger partial charge in [-0.2, -0.15) is 0 Å². The molecule has 1 nitrogen and oxygen atoms in total. The molecule has 0 bridgehead atoms. The van der Waals surface area contributed by atoms with Gasteiger partial charge in [0.1, 0.15) is 0 Å². The number of hydrogen-bond donors (Lipinski definition) is 0. The molecule has 0 amide bonds. The Morgan fingerprint density at radius 2 is 1.64 bits per heavy atom. The van der Waals surface area contributed by atoms with Gasteiger partial charge in [0.15, 0.2) is 0 Å². The first-order valence-corrected chi connectivity index (χ1v) is 5.37. The van der Waals surface area contributed by atoms with Crippen molar-refractivity contribution in [3.8, 4) is 0 Å². The molecule has 14 heavy (non-hydrogen) atoms. The fraction of sp³-hybridized carbons (Fsp3) is 0.400. The SMILES string of the molecule is CN(C)C.ClCc1ccc(Cl)cc1Cl. The number of hydrogen-bond acceptors (Lipinski definition) is 1. The summed E-state index contributed by atoms with van der Waals surface area (Å²) in [7, 11) is 6.00. The highest BCUT2D eigenvalue weighted by molar-refractivity contribution is 6.35. The Morgan fingerprint density at radius 3 is 2.00 bits per heavy atom. The van der Waals surface area contributed by atoms with Crippen molar-refractivity contribution in [2.45, 2.75) is 5.88 Å². The second-order valence-corrected chi connectivity index (χ2v) is 4.32. The van der Waals surface area contributed by atoms with E-state index in [4.69, 9.17) is 34.8 Å². The minimum absolute atomic E-state index is 0.427. The van der Waals surface area contributed by atoms with E-state index < -0.39 is 0 Å². The van der Waals surface area contributed by atoms with Gasteiger partial charge in [-0.15, -0.1) is 11.6 Å². The second-order valence-electron chi connectivity index (χ2n) is 3.21. The van der Waals surface area contributed by atoms with Crippen LogP contribution in [0.15, 0.2) is 18.2 Å². The Labute approximate surface area is 101 Å². The predicted molar refractivity (Wildman–Crippen MR) is 65.6 cm³/mol.